The monoisotopic (exact) mass is 271 g/mol. The van der Waals surface area contributed by atoms with Gasteiger partial charge in [0.25, 0.3) is 0 Å². The summed E-state index contributed by atoms with van der Waals surface area (Å²) in [6.45, 7) is 5.09. The molecule has 1 aromatic rings. The van der Waals surface area contributed by atoms with Crippen LogP contribution in [0.25, 0.3) is 0 Å². The average Bonchev–Trinajstić information content (AvgIpc) is 2.24. The highest BCUT2D eigenvalue weighted by Crippen LogP contribution is 2.25. The van der Waals surface area contributed by atoms with E-state index in [4.69, 9.17) is 10.9 Å². The van der Waals surface area contributed by atoms with E-state index in [1.807, 2.05) is 0 Å². The molecule has 0 aliphatic carbocycles. The number of para-hydroxylation sites is 1. The standard InChI is InChI=1S/C12H21N3O2S/c1-9(2)5-4-8-15-10-6-3-7-11(12(10)13)18(14,16)17/h3,6-7,9,15H,4-5,8,13H2,1-2H3,(H2,14,16,17). The Morgan fingerprint density at radius 2 is 2.00 bits per heavy atom. The van der Waals surface area contributed by atoms with Crippen LogP contribution in [0.4, 0.5) is 11.4 Å². The molecule has 18 heavy (non-hydrogen) atoms. The lowest BCUT2D eigenvalue weighted by atomic mass is 10.1. The summed E-state index contributed by atoms with van der Waals surface area (Å²) in [6.07, 6.45) is 2.12. The molecule has 6 heteroatoms. The molecule has 0 heterocycles. The summed E-state index contributed by atoms with van der Waals surface area (Å²) >= 11 is 0. The molecule has 0 fully saturated rings. The average molecular weight is 271 g/mol. The zero-order chi connectivity index (χ0) is 13.8. The summed E-state index contributed by atoms with van der Waals surface area (Å²) < 4.78 is 22.6. The van der Waals surface area contributed by atoms with Gasteiger partial charge in [-0.15, -0.1) is 0 Å². The molecule has 5 nitrogen and oxygen atoms in total. The van der Waals surface area contributed by atoms with Crippen molar-refractivity contribution in [3.63, 3.8) is 0 Å². The molecular weight excluding hydrogens is 250 g/mol. The topological polar surface area (TPSA) is 98.2 Å². The summed E-state index contributed by atoms with van der Waals surface area (Å²) in [6, 6.07) is 4.78. The molecule has 0 saturated heterocycles. The van der Waals surface area contributed by atoms with Gasteiger partial charge in [-0.2, -0.15) is 0 Å². The van der Waals surface area contributed by atoms with Crippen molar-refractivity contribution in [1.29, 1.82) is 0 Å². The minimum atomic E-state index is -3.77. The molecule has 0 amide bonds. The Bertz CT molecular complexity index is 498. The first-order chi connectivity index (χ1) is 8.32. The van der Waals surface area contributed by atoms with Gasteiger partial charge in [0, 0.05) is 6.54 Å². The Labute approximate surface area is 109 Å². The molecule has 1 aromatic carbocycles. The summed E-state index contributed by atoms with van der Waals surface area (Å²) in [5, 5.41) is 8.22. The number of nitrogens with one attached hydrogen (secondary N) is 1. The zero-order valence-corrected chi connectivity index (χ0v) is 11.6. The number of nitrogen functional groups attached to an aromatic ring is 1. The first kappa shape index (κ1) is 14.8. The van der Waals surface area contributed by atoms with E-state index < -0.39 is 10.0 Å². The maximum absolute atomic E-state index is 11.3. The number of rotatable bonds is 6. The van der Waals surface area contributed by atoms with Gasteiger partial charge in [0.1, 0.15) is 4.90 Å². The molecule has 0 spiro atoms. The maximum Gasteiger partial charge on any atom is 0.240 e. The summed E-state index contributed by atoms with van der Waals surface area (Å²) in [5.41, 5.74) is 6.59. The fourth-order valence-corrected chi connectivity index (χ4v) is 2.36. The Hall–Kier alpha value is -1.27. The SMILES string of the molecule is CC(C)CCCNc1cccc(S(N)(=O)=O)c1N. The van der Waals surface area contributed by atoms with Gasteiger partial charge in [0.05, 0.1) is 11.4 Å². The first-order valence-electron chi connectivity index (χ1n) is 5.97. The summed E-state index contributed by atoms with van der Waals surface area (Å²) in [7, 11) is -3.77. The van der Waals surface area contributed by atoms with Crippen LogP contribution in [-0.4, -0.2) is 15.0 Å². The Morgan fingerprint density at radius 3 is 2.56 bits per heavy atom. The van der Waals surface area contributed by atoms with Crippen molar-refractivity contribution in [3.05, 3.63) is 18.2 Å². The number of hydrogen-bond acceptors (Lipinski definition) is 4. The minimum Gasteiger partial charge on any atom is -0.396 e. The van der Waals surface area contributed by atoms with Crippen molar-refractivity contribution >= 4 is 21.4 Å². The number of anilines is 2. The highest BCUT2D eigenvalue weighted by molar-refractivity contribution is 7.89. The van der Waals surface area contributed by atoms with Crippen LogP contribution in [-0.2, 0) is 10.0 Å². The lowest BCUT2D eigenvalue weighted by Gasteiger charge is -2.12. The van der Waals surface area contributed by atoms with Crippen LogP contribution in [0.15, 0.2) is 23.1 Å². The molecule has 0 atom stereocenters. The Morgan fingerprint density at radius 1 is 1.33 bits per heavy atom. The molecule has 0 bridgehead atoms. The Kier molecular flexibility index (Phi) is 4.98. The number of hydrogen-bond donors (Lipinski definition) is 3. The molecule has 0 aromatic heterocycles. The molecule has 0 unspecified atom stereocenters. The molecule has 0 radical (unpaired) electrons. The van der Waals surface area contributed by atoms with Crippen LogP contribution in [0.3, 0.4) is 0 Å². The van der Waals surface area contributed by atoms with Gasteiger partial charge < -0.3 is 11.1 Å². The normalized spacial score (nSPS) is 11.8. The molecular formula is C12H21N3O2S. The predicted molar refractivity (Wildman–Crippen MR) is 74.8 cm³/mol. The van der Waals surface area contributed by atoms with Crippen molar-refractivity contribution in [1.82, 2.24) is 0 Å². The van der Waals surface area contributed by atoms with Gasteiger partial charge in [0.15, 0.2) is 0 Å². The maximum atomic E-state index is 11.3. The minimum absolute atomic E-state index is 0.0311. The van der Waals surface area contributed by atoms with E-state index in [1.54, 1.807) is 12.1 Å². The van der Waals surface area contributed by atoms with Crippen LogP contribution < -0.4 is 16.2 Å². The second-order valence-electron chi connectivity index (χ2n) is 4.73. The van der Waals surface area contributed by atoms with Crippen molar-refractivity contribution in [2.24, 2.45) is 11.1 Å². The van der Waals surface area contributed by atoms with Crippen molar-refractivity contribution < 1.29 is 8.42 Å². The van der Waals surface area contributed by atoms with Gasteiger partial charge in [-0.05, 0) is 30.9 Å². The van der Waals surface area contributed by atoms with Crippen molar-refractivity contribution in [2.75, 3.05) is 17.6 Å². The third-order valence-corrected chi connectivity index (χ3v) is 3.62. The van der Waals surface area contributed by atoms with Crippen LogP contribution in [0.2, 0.25) is 0 Å². The number of nitrogens with two attached hydrogens (primary N) is 2. The van der Waals surface area contributed by atoms with Gasteiger partial charge in [-0.25, -0.2) is 13.6 Å². The number of primary sulfonamides is 1. The van der Waals surface area contributed by atoms with Crippen molar-refractivity contribution in [3.8, 4) is 0 Å². The van der Waals surface area contributed by atoms with E-state index in [0.717, 1.165) is 19.4 Å². The first-order valence-corrected chi connectivity index (χ1v) is 7.52. The van der Waals surface area contributed by atoms with Crippen LogP contribution in [0.5, 0.6) is 0 Å². The second kappa shape index (κ2) is 6.06. The van der Waals surface area contributed by atoms with Crippen molar-refractivity contribution in [2.45, 2.75) is 31.6 Å². The smallest absolute Gasteiger partial charge is 0.240 e. The van der Waals surface area contributed by atoms with Crippen LogP contribution in [0.1, 0.15) is 26.7 Å². The quantitative estimate of drug-likeness (QED) is 0.542. The second-order valence-corrected chi connectivity index (χ2v) is 6.26. The summed E-state index contributed by atoms with van der Waals surface area (Å²) in [4.78, 5) is -0.0311. The van der Waals surface area contributed by atoms with Crippen LogP contribution >= 0.6 is 0 Å². The van der Waals surface area contributed by atoms with Gasteiger partial charge >= 0.3 is 0 Å². The molecule has 1 rings (SSSR count). The third kappa shape index (κ3) is 4.19. The van der Waals surface area contributed by atoms with E-state index in [2.05, 4.69) is 19.2 Å². The lowest BCUT2D eigenvalue weighted by molar-refractivity contribution is 0.567. The van der Waals surface area contributed by atoms with E-state index in [-0.39, 0.29) is 10.6 Å². The van der Waals surface area contributed by atoms with E-state index in [9.17, 15) is 8.42 Å². The molecule has 0 saturated carbocycles. The number of sulfonamides is 1. The molecule has 5 N–H and O–H groups in total. The molecule has 0 aliphatic rings. The van der Waals surface area contributed by atoms with Gasteiger partial charge in [-0.1, -0.05) is 19.9 Å². The third-order valence-electron chi connectivity index (χ3n) is 2.65. The number of benzene rings is 1. The molecule has 0 aliphatic heterocycles. The highest BCUT2D eigenvalue weighted by atomic mass is 32.2. The zero-order valence-electron chi connectivity index (χ0n) is 10.8. The predicted octanol–water partition coefficient (Wildman–Crippen LogP) is 1.76. The summed E-state index contributed by atoms with van der Waals surface area (Å²) in [5.74, 6) is 0.653. The molecule has 102 valence electrons. The van der Waals surface area contributed by atoms with E-state index in [1.165, 1.54) is 6.07 Å². The van der Waals surface area contributed by atoms with Gasteiger partial charge in [0.2, 0.25) is 10.0 Å². The van der Waals surface area contributed by atoms with E-state index >= 15 is 0 Å². The fourth-order valence-electron chi connectivity index (χ4n) is 1.68. The van der Waals surface area contributed by atoms with Gasteiger partial charge in [-0.3, -0.25) is 0 Å². The lowest BCUT2D eigenvalue weighted by Crippen LogP contribution is -2.15. The largest absolute Gasteiger partial charge is 0.396 e. The Balaban J connectivity index is 2.73. The van der Waals surface area contributed by atoms with Crippen LogP contribution in [0, 0.1) is 5.92 Å². The highest BCUT2D eigenvalue weighted by Gasteiger charge is 2.14. The fraction of sp³-hybridized carbons (Fsp3) is 0.500. The van der Waals surface area contributed by atoms with E-state index in [0.29, 0.717) is 11.6 Å².